The SMILES string of the molecule is Cc1ccc(C(c2c(O)cc(C)n(Cc3ccco3)c2=O)N2CCN(c3ccccc3)CC2)cc1. The Labute approximate surface area is 205 Å². The molecule has 0 saturated carbocycles. The van der Waals surface area contributed by atoms with Gasteiger partial charge in [-0.15, -0.1) is 0 Å². The molecule has 1 fully saturated rings. The van der Waals surface area contributed by atoms with Crippen molar-refractivity contribution in [1.29, 1.82) is 0 Å². The van der Waals surface area contributed by atoms with Gasteiger partial charge in [0.1, 0.15) is 11.5 Å². The van der Waals surface area contributed by atoms with Crippen LogP contribution in [0.2, 0.25) is 0 Å². The lowest BCUT2D eigenvalue weighted by Crippen LogP contribution is -2.49. The zero-order chi connectivity index (χ0) is 24.4. The van der Waals surface area contributed by atoms with E-state index in [2.05, 4.69) is 65.3 Å². The molecule has 2 aromatic heterocycles. The lowest BCUT2D eigenvalue weighted by atomic mass is 9.95. The van der Waals surface area contributed by atoms with Crippen LogP contribution in [0.25, 0.3) is 0 Å². The number of aromatic hydroxyl groups is 1. The molecule has 0 radical (unpaired) electrons. The summed E-state index contributed by atoms with van der Waals surface area (Å²) in [6.45, 7) is 7.47. The number of anilines is 1. The fourth-order valence-electron chi connectivity index (χ4n) is 4.97. The highest BCUT2D eigenvalue weighted by Gasteiger charge is 2.31. The van der Waals surface area contributed by atoms with Gasteiger partial charge in [0.15, 0.2) is 0 Å². The van der Waals surface area contributed by atoms with Gasteiger partial charge in [-0.2, -0.15) is 0 Å². The minimum absolute atomic E-state index is 0.0410. The first-order chi connectivity index (χ1) is 17.0. The lowest BCUT2D eigenvalue weighted by Gasteiger charge is -2.40. The molecule has 3 heterocycles. The number of benzene rings is 2. The number of rotatable bonds is 6. The van der Waals surface area contributed by atoms with Crippen LogP contribution in [-0.2, 0) is 6.54 Å². The quantitative estimate of drug-likeness (QED) is 0.443. The van der Waals surface area contributed by atoms with Crippen LogP contribution >= 0.6 is 0 Å². The van der Waals surface area contributed by atoms with Gasteiger partial charge in [0.25, 0.3) is 5.56 Å². The molecule has 35 heavy (non-hydrogen) atoms. The van der Waals surface area contributed by atoms with Gasteiger partial charge in [0, 0.05) is 37.6 Å². The fraction of sp³-hybridized carbons (Fsp3) is 0.276. The molecule has 1 atom stereocenters. The Bertz CT molecular complexity index is 1320. The largest absolute Gasteiger partial charge is 0.507 e. The van der Waals surface area contributed by atoms with Crippen molar-refractivity contribution in [2.45, 2.75) is 26.4 Å². The Morgan fingerprint density at radius 2 is 1.63 bits per heavy atom. The third-order valence-corrected chi connectivity index (χ3v) is 6.88. The molecule has 1 saturated heterocycles. The molecule has 1 aliphatic heterocycles. The average molecular weight is 470 g/mol. The number of furan rings is 1. The van der Waals surface area contributed by atoms with E-state index in [0.717, 1.165) is 37.3 Å². The molecule has 0 aliphatic carbocycles. The second kappa shape index (κ2) is 9.84. The van der Waals surface area contributed by atoms with Crippen molar-refractivity contribution in [2.75, 3.05) is 31.1 Å². The second-order valence-corrected chi connectivity index (χ2v) is 9.23. The molecule has 1 aliphatic rings. The third kappa shape index (κ3) is 4.75. The highest BCUT2D eigenvalue weighted by molar-refractivity contribution is 5.47. The minimum Gasteiger partial charge on any atom is -0.507 e. The molecular formula is C29H31N3O3. The van der Waals surface area contributed by atoms with Gasteiger partial charge in [0.05, 0.1) is 24.4 Å². The maximum atomic E-state index is 13.9. The molecule has 6 nitrogen and oxygen atoms in total. The molecule has 0 amide bonds. The van der Waals surface area contributed by atoms with Crippen molar-refractivity contribution in [3.63, 3.8) is 0 Å². The lowest BCUT2D eigenvalue weighted by molar-refractivity contribution is 0.207. The molecule has 4 aromatic rings. The van der Waals surface area contributed by atoms with Crippen LogP contribution < -0.4 is 10.5 Å². The Hall–Kier alpha value is -3.77. The number of aryl methyl sites for hydroxylation is 2. The number of nitrogens with zero attached hydrogens (tertiary/aromatic N) is 3. The highest BCUT2D eigenvalue weighted by Crippen LogP contribution is 2.34. The molecule has 180 valence electrons. The maximum absolute atomic E-state index is 13.9. The summed E-state index contributed by atoms with van der Waals surface area (Å²) in [5.41, 5.74) is 4.30. The summed E-state index contributed by atoms with van der Waals surface area (Å²) in [5.74, 6) is 0.745. The average Bonchev–Trinajstić information content (AvgIpc) is 3.39. The summed E-state index contributed by atoms with van der Waals surface area (Å²) in [5, 5.41) is 11.1. The summed E-state index contributed by atoms with van der Waals surface area (Å²) in [7, 11) is 0. The first-order valence-corrected chi connectivity index (χ1v) is 12.1. The third-order valence-electron chi connectivity index (χ3n) is 6.88. The topological polar surface area (TPSA) is 61.9 Å². The van der Waals surface area contributed by atoms with Crippen LogP contribution in [0.4, 0.5) is 5.69 Å². The van der Waals surface area contributed by atoms with E-state index < -0.39 is 0 Å². The second-order valence-electron chi connectivity index (χ2n) is 9.23. The summed E-state index contributed by atoms with van der Waals surface area (Å²) in [4.78, 5) is 18.6. The molecule has 0 spiro atoms. The maximum Gasteiger partial charge on any atom is 0.260 e. The van der Waals surface area contributed by atoms with Gasteiger partial charge < -0.3 is 19.0 Å². The number of pyridine rings is 1. The fourth-order valence-corrected chi connectivity index (χ4v) is 4.97. The molecular weight excluding hydrogens is 438 g/mol. The zero-order valence-electron chi connectivity index (χ0n) is 20.2. The minimum atomic E-state index is -0.343. The van der Waals surface area contributed by atoms with Crippen LogP contribution in [0.1, 0.15) is 34.2 Å². The summed E-state index contributed by atoms with van der Waals surface area (Å²) < 4.78 is 7.20. The number of aromatic nitrogens is 1. The number of hydrogen-bond donors (Lipinski definition) is 1. The van der Waals surface area contributed by atoms with Gasteiger partial charge in [-0.25, -0.2) is 0 Å². The Morgan fingerprint density at radius 3 is 2.29 bits per heavy atom. The van der Waals surface area contributed by atoms with Gasteiger partial charge in [-0.1, -0.05) is 48.0 Å². The zero-order valence-corrected chi connectivity index (χ0v) is 20.2. The highest BCUT2D eigenvalue weighted by atomic mass is 16.3. The van der Waals surface area contributed by atoms with Crippen molar-refractivity contribution in [3.8, 4) is 5.75 Å². The molecule has 6 heteroatoms. The first kappa shape index (κ1) is 23.0. The number of hydrogen-bond acceptors (Lipinski definition) is 5. The van der Waals surface area contributed by atoms with E-state index in [1.54, 1.807) is 16.9 Å². The molecule has 2 aromatic carbocycles. The molecule has 1 unspecified atom stereocenters. The van der Waals surface area contributed by atoms with E-state index in [9.17, 15) is 9.90 Å². The Balaban J connectivity index is 1.53. The van der Waals surface area contributed by atoms with Crippen LogP contribution in [0.3, 0.4) is 0 Å². The monoisotopic (exact) mass is 469 g/mol. The molecule has 5 rings (SSSR count). The smallest absolute Gasteiger partial charge is 0.260 e. The van der Waals surface area contributed by atoms with E-state index in [1.807, 2.05) is 25.1 Å². The van der Waals surface area contributed by atoms with E-state index in [1.165, 1.54) is 5.69 Å². The predicted octanol–water partition coefficient (Wildman–Crippen LogP) is 4.72. The summed E-state index contributed by atoms with van der Waals surface area (Å²) >= 11 is 0. The summed E-state index contributed by atoms with van der Waals surface area (Å²) in [6.07, 6.45) is 1.61. The number of para-hydroxylation sites is 1. The molecule has 0 bridgehead atoms. The Morgan fingerprint density at radius 1 is 0.914 bits per heavy atom. The molecule has 1 N–H and O–H groups in total. The Kier molecular flexibility index (Phi) is 6.47. The van der Waals surface area contributed by atoms with E-state index in [0.29, 0.717) is 23.6 Å². The van der Waals surface area contributed by atoms with Gasteiger partial charge in [-0.3, -0.25) is 9.69 Å². The van der Waals surface area contributed by atoms with Crippen molar-refractivity contribution >= 4 is 5.69 Å². The van der Waals surface area contributed by atoms with Crippen LogP contribution in [0.5, 0.6) is 5.75 Å². The van der Waals surface area contributed by atoms with Crippen molar-refractivity contribution in [1.82, 2.24) is 9.47 Å². The van der Waals surface area contributed by atoms with E-state index >= 15 is 0 Å². The standard InChI is InChI=1S/C29H31N3O3/c1-21-10-12-23(13-11-21)28(31-16-14-30(15-17-31)24-7-4-3-5-8-24)27-26(33)19-22(2)32(29(27)34)20-25-9-6-18-35-25/h3-13,18-19,28,33H,14-17,20H2,1-2H3. The summed E-state index contributed by atoms with van der Waals surface area (Å²) in [6, 6.07) is 23.7. The number of piperazine rings is 1. The van der Waals surface area contributed by atoms with Crippen LogP contribution in [0, 0.1) is 13.8 Å². The van der Waals surface area contributed by atoms with Gasteiger partial charge in [-0.05, 0) is 49.7 Å². The van der Waals surface area contributed by atoms with Crippen molar-refractivity contribution in [2.24, 2.45) is 0 Å². The predicted molar refractivity (Wildman–Crippen MR) is 138 cm³/mol. The van der Waals surface area contributed by atoms with E-state index in [-0.39, 0.29) is 17.4 Å². The normalized spacial score (nSPS) is 15.3. The van der Waals surface area contributed by atoms with Crippen LogP contribution in [0.15, 0.2) is 88.3 Å². The van der Waals surface area contributed by atoms with Gasteiger partial charge >= 0.3 is 0 Å². The van der Waals surface area contributed by atoms with Crippen molar-refractivity contribution in [3.05, 3.63) is 118 Å². The van der Waals surface area contributed by atoms with Gasteiger partial charge in [0.2, 0.25) is 0 Å². The van der Waals surface area contributed by atoms with E-state index in [4.69, 9.17) is 4.42 Å². The van der Waals surface area contributed by atoms with Crippen LogP contribution in [-0.4, -0.2) is 40.8 Å². The van der Waals surface area contributed by atoms with Crippen molar-refractivity contribution < 1.29 is 9.52 Å². The first-order valence-electron chi connectivity index (χ1n) is 12.1.